The molecule has 0 amide bonds. The molecule has 2 fully saturated rings. The van der Waals surface area contributed by atoms with E-state index in [-0.39, 0.29) is 0 Å². The van der Waals surface area contributed by atoms with E-state index in [9.17, 15) is 0 Å². The molecule has 2 aliphatic heterocycles. The van der Waals surface area contributed by atoms with Crippen molar-refractivity contribution in [1.82, 2.24) is 9.80 Å². The molecular formula is C16H24BrN3. The van der Waals surface area contributed by atoms with Crippen LogP contribution in [-0.2, 0) is 6.54 Å². The molecule has 2 aliphatic rings. The zero-order chi connectivity index (χ0) is 14.1. The van der Waals surface area contributed by atoms with E-state index in [0.29, 0.717) is 0 Å². The van der Waals surface area contributed by atoms with Gasteiger partial charge in [-0.1, -0.05) is 15.9 Å². The van der Waals surface area contributed by atoms with Crippen LogP contribution in [0.1, 0.15) is 24.8 Å². The van der Waals surface area contributed by atoms with Crippen LogP contribution in [0.15, 0.2) is 22.7 Å². The third-order valence-corrected chi connectivity index (χ3v) is 5.67. The van der Waals surface area contributed by atoms with E-state index < -0.39 is 0 Å². The van der Waals surface area contributed by atoms with E-state index in [1.807, 2.05) is 6.07 Å². The average Bonchev–Trinajstić information content (AvgIpc) is 2.43. The maximum Gasteiger partial charge on any atom is 0.0318 e. The van der Waals surface area contributed by atoms with E-state index in [1.165, 1.54) is 48.9 Å². The Labute approximate surface area is 130 Å². The highest BCUT2D eigenvalue weighted by Gasteiger charge is 2.34. The molecule has 0 radical (unpaired) electrons. The maximum atomic E-state index is 5.91. The molecule has 1 aromatic carbocycles. The van der Waals surface area contributed by atoms with Gasteiger partial charge >= 0.3 is 0 Å². The van der Waals surface area contributed by atoms with Crippen LogP contribution in [0.25, 0.3) is 0 Å². The monoisotopic (exact) mass is 337 g/mol. The molecule has 3 nitrogen and oxygen atoms in total. The fraction of sp³-hybridized carbons (Fsp3) is 0.625. The SMILES string of the molecule is CN1CCCC2CN(Cc3cc(N)ccc3Br)CCC21. The molecule has 0 aromatic heterocycles. The van der Waals surface area contributed by atoms with Crippen molar-refractivity contribution in [3.63, 3.8) is 0 Å². The highest BCUT2D eigenvalue weighted by molar-refractivity contribution is 9.10. The van der Waals surface area contributed by atoms with Crippen molar-refractivity contribution in [3.05, 3.63) is 28.2 Å². The van der Waals surface area contributed by atoms with Crippen LogP contribution < -0.4 is 5.73 Å². The van der Waals surface area contributed by atoms with Gasteiger partial charge in [0.15, 0.2) is 0 Å². The standard InChI is InChI=1S/C16H24BrN3/c1-19-7-2-3-12-10-20(8-6-16(12)19)11-13-9-14(18)4-5-15(13)17/h4-5,9,12,16H,2-3,6-8,10-11,18H2,1H3. The summed E-state index contributed by atoms with van der Waals surface area (Å²) in [5.74, 6) is 0.849. The first kappa shape index (κ1) is 14.4. The maximum absolute atomic E-state index is 5.91. The molecule has 20 heavy (non-hydrogen) atoms. The van der Waals surface area contributed by atoms with Gasteiger partial charge in [-0.25, -0.2) is 0 Å². The Kier molecular flexibility index (Phi) is 4.34. The molecule has 4 heteroatoms. The minimum atomic E-state index is 0.810. The number of fused-ring (bicyclic) bond motifs is 1. The highest BCUT2D eigenvalue weighted by Crippen LogP contribution is 2.31. The van der Waals surface area contributed by atoms with Gasteiger partial charge in [0.25, 0.3) is 0 Å². The van der Waals surface area contributed by atoms with Crippen LogP contribution in [0.5, 0.6) is 0 Å². The molecule has 2 atom stereocenters. The lowest BCUT2D eigenvalue weighted by atomic mass is 9.84. The number of nitrogen functional groups attached to an aromatic ring is 1. The summed E-state index contributed by atoms with van der Waals surface area (Å²) in [6.07, 6.45) is 4.05. The first-order valence-corrected chi connectivity index (χ1v) is 8.39. The third-order valence-electron chi connectivity index (χ3n) is 4.89. The summed E-state index contributed by atoms with van der Waals surface area (Å²) in [5.41, 5.74) is 8.08. The van der Waals surface area contributed by atoms with Gasteiger partial charge < -0.3 is 10.6 Å². The summed E-state index contributed by atoms with van der Waals surface area (Å²) in [4.78, 5) is 5.17. The molecule has 0 aliphatic carbocycles. The number of nitrogens with two attached hydrogens (primary N) is 1. The molecule has 0 saturated carbocycles. The summed E-state index contributed by atoms with van der Waals surface area (Å²) in [7, 11) is 2.29. The molecule has 0 bridgehead atoms. The van der Waals surface area contributed by atoms with Crippen molar-refractivity contribution in [3.8, 4) is 0 Å². The summed E-state index contributed by atoms with van der Waals surface area (Å²) in [6.45, 7) is 4.73. The molecule has 2 unspecified atom stereocenters. The van der Waals surface area contributed by atoms with Crippen LogP contribution in [0.4, 0.5) is 5.69 Å². The van der Waals surface area contributed by atoms with Crippen LogP contribution in [0, 0.1) is 5.92 Å². The number of nitrogens with zero attached hydrogens (tertiary/aromatic N) is 2. The van der Waals surface area contributed by atoms with Gasteiger partial charge in [0, 0.05) is 29.3 Å². The van der Waals surface area contributed by atoms with Crippen molar-refractivity contribution in [2.75, 3.05) is 32.4 Å². The van der Waals surface area contributed by atoms with E-state index in [1.54, 1.807) is 0 Å². The van der Waals surface area contributed by atoms with Gasteiger partial charge in [-0.2, -0.15) is 0 Å². The third kappa shape index (κ3) is 3.02. The fourth-order valence-electron chi connectivity index (χ4n) is 3.83. The zero-order valence-corrected chi connectivity index (χ0v) is 13.8. The molecule has 3 rings (SSSR count). The van der Waals surface area contributed by atoms with Crippen molar-refractivity contribution in [2.24, 2.45) is 5.92 Å². The van der Waals surface area contributed by atoms with Gasteiger partial charge in [0.1, 0.15) is 0 Å². The molecule has 2 saturated heterocycles. The minimum Gasteiger partial charge on any atom is -0.399 e. The van der Waals surface area contributed by atoms with Crippen molar-refractivity contribution in [2.45, 2.75) is 31.8 Å². The van der Waals surface area contributed by atoms with Crippen LogP contribution in [0.2, 0.25) is 0 Å². The predicted molar refractivity (Wildman–Crippen MR) is 87.6 cm³/mol. The average molecular weight is 338 g/mol. The van der Waals surface area contributed by atoms with Gasteiger partial charge in [0.2, 0.25) is 0 Å². The smallest absolute Gasteiger partial charge is 0.0318 e. The number of halogens is 1. The number of hydrogen-bond donors (Lipinski definition) is 1. The summed E-state index contributed by atoms with van der Waals surface area (Å²) in [6, 6.07) is 6.93. The molecular weight excluding hydrogens is 314 g/mol. The predicted octanol–water partition coefficient (Wildman–Crippen LogP) is 2.95. The molecule has 0 spiro atoms. The van der Waals surface area contributed by atoms with Crippen LogP contribution in [-0.4, -0.2) is 42.5 Å². The number of hydrogen-bond acceptors (Lipinski definition) is 3. The largest absolute Gasteiger partial charge is 0.399 e. The minimum absolute atomic E-state index is 0.810. The van der Waals surface area contributed by atoms with Gasteiger partial charge in [-0.15, -0.1) is 0 Å². The number of likely N-dealkylation sites (tertiary alicyclic amines) is 2. The normalized spacial score (nSPS) is 28.3. The number of benzene rings is 1. The second-order valence-corrected chi connectivity index (χ2v) is 7.18. The molecule has 2 heterocycles. The second kappa shape index (κ2) is 6.04. The Morgan fingerprint density at radius 3 is 3.00 bits per heavy atom. The Morgan fingerprint density at radius 2 is 2.15 bits per heavy atom. The Hall–Kier alpha value is -0.580. The lowest BCUT2D eigenvalue weighted by Crippen LogP contribution is -2.52. The van der Waals surface area contributed by atoms with Crippen LogP contribution >= 0.6 is 15.9 Å². The zero-order valence-electron chi connectivity index (χ0n) is 12.2. The van der Waals surface area contributed by atoms with Gasteiger partial charge in [-0.3, -0.25) is 4.90 Å². The quantitative estimate of drug-likeness (QED) is 0.842. The number of piperidine rings is 2. The van der Waals surface area contributed by atoms with Gasteiger partial charge in [0.05, 0.1) is 0 Å². The van der Waals surface area contributed by atoms with Crippen molar-refractivity contribution in [1.29, 1.82) is 0 Å². The number of rotatable bonds is 2. The topological polar surface area (TPSA) is 32.5 Å². The second-order valence-electron chi connectivity index (χ2n) is 6.32. The highest BCUT2D eigenvalue weighted by atomic mass is 79.9. The Balaban J connectivity index is 1.66. The Morgan fingerprint density at radius 1 is 1.30 bits per heavy atom. The molecule has 110 valence electrons. The summed E-state index contributed by atoms with van der Waals surface area (Å²) < 4.78 is 1.18. The van der Waals surface area contributed by atoms with E-state index >= 15 is 0 Å². The lowest BCUT2D eigenvalue weighted by Gasteiger charge is -2.46. The molecule has 2 N–H and O–H groups in total. The van der Waals surface area contributed by atoms with Gasteiger partial charge in [-0.05, 0) is 69.1 Å². The Bertz CT molecular complexity index is 477. The lowest BCUT2D eigenvalue weighted by molar-refractivity contribution is 0.0354. The fourth-order valence-corrected chi connectivity index (χ4v) is 4.20. The van der Waals surface area contributed by atoms with Crippen molar-refractivity contribution < 1.29 is 0 Å². The van der Waals surface area contributed by atoms with Crippen LogP contribution in [0.3, 0.4) is 0 Å². The summed E-state index contributed by atoms with van der Waals surface area (Å²) >= 11 is 3.65. The van der Waals surface area contributed by atoms with E-state index in [4.69, 9.17) is 5.73 Å². The van der Waals surface area contributed by atoms with E-state index in [0.717, 1.165) is 24.2 Å². The first-order chi connectivity index (χ1) is 9.63. The number of anilines is 1. The van der Waals surface area contributed by atoms with E-state index in [2.05, 4.69) is 44.9 Å². The summed E-state index contributed by atoms with van der Waals surface area (Å²) in [5, 5.41) is 0. The van der Waals surface area contributed by atoms with Crippen molar-refractivity contribution >= 4 is 21.6 Å². The molecule has 1 aromatic rings. The first-order valence-electron chi connectivity index (χ1n) is 7.60.